The summed E-state index contributed by atoms with van der Waals surface area (Å²) < 4.78 is 5.47. The molecule has 0 saturated heterocycles. The smallest absolute Gasteiger partial charge is 0.226 e. The molecule has 0 spiro atoms. The second-order valence-corrected chi connectivity index (χ2v) is 5.58. The minimum absolute atomic E-state index is 0.680. The predicted molar refractivity (Wildman–Crippen MR) is 78.4 cm³/mol. The van der Waals surface area contributed by atoms with Gasteiger partial charge in [0.1, 0.15) is 17.3 Å². The summed E-state index contributed by atoms with van der Waals surface area (Å²) >= 11 is 1.61. The van der Waals surface area contributed by atoms with Crippen molar-refractivity contribution in [3.8, 4) is 0 Å². The zero-order valence-corrected chi connectivity index (χ0v) is 11.5. The molecule has 1 aliphatic rings. The van der Waals surface area contributed by atoms with Crippen molar-refractivity contribution in [3.63, 3.8) is 0 Å². The third-order valence-corrected chi connectivity index (χ3v) is 4.12. The van der Waals surface area contributed by atoms with Gasteiger partial charge in [-0.3, -0.25) is 4.98 Å². The van der Waals surface area contributed by atoms with E-state index in [1.807, 2.05) is 18.2 Å². The number of H-pyrrole nitrogens is 1. The van der Waals surface area contributed by atoms with Gasteiger partial charge in [-0.25, -0.2) is 9.98 Å². The Labute approximate surface area is 119 Å². The van der Waals surface area contributed by atoms with Crippen LogP contribution < -0.4 is 0 Å². The molecule has 0 aromatic carbocycles. The van der Waals surface area contributed by atoms with E-state index in [1.165, 1.54) is 0 Å². The number of thiophene rings is 1. The summed E-state index contributed by atoms with van der Waals surface area (Å²) in [4.78, 5) is 18.6. The largest absolute Gasteiger partial charge is 0.475 e. The lowest BCUT2D eigenvalue weighted by Gasteiger charge is -1.96. The lowest BCUT2D eigenvalue weighted by molar-refractivity contribution is 0.349. The number of rotatable bonds is 3. The van der Waals surface area contributed by atoms with Gasteiger partial charge in [-0.2, -0.15) is 0 Å². The van der Waals surface area contributed by atoms with Gasteiger partial charge in [-0.15, -0.1) is 11.3 Å². The van der Waals surface area contributed by atoms with Crippen molar-refractivity contribution < 1.29 is 4.74 Å². The first kappa shape index (κ1) is 11.6. The lowest BCUT2D eigenvalue weighted by atomic mass is 10.3. The lowest BCUT2D eigenvalue weighted by Crippen LogP contribution is -1.97. The highest BCUT2D eigenvalue weighted by atomic mass is 32.1. The first-order valence-corrected chi connectivity index (χ1v) is 7.26. The predicted octanol–water partition coefficient (Wildman–Crippen LogP) is 2.39. The fourth-order valence-corrected chi connectivity index (χ4v) is 3.18. The van der Waals surface area contributed by atoms with Gasteiger partial charge < -0.3 is 9.72 Å². The van der Waals surface area contributed by atoms with E-state index in [4.69, 9.17) is 4.74 Å². The second-order valence-electron chi connectivity index (χ2n) is 4.55. The monoisotopic (exact) mass is 284 g/mol. The molecule has 6 heteroatoms. The molecule has 1 N–H and O–H groups in total. The first-order chi connectivity index (χ1) is 9.88. The number of ether oxygens (including phenoxy) is 1. The van der Waals surface area contributed by atoms with E-state index in [9.17, 15) is 0 Å². The molecule has 0 aliphatic carbocycles. The Morgan fingerprint density at radius 2 is 2.35 bits per heavy atom. The van der Waals surface area contributed by atoms with Crippen LogP contribution in [0.25, 0.3) is 10.3 Å². The van der Waals surface area contributed by atoms with Crippen LogP contribution >= 0.6 is 11.3 Å². The third-order valence-electron chi connectivity index (χ3n) is 3.10. The SMILES string of the molecule is c1ccc(Cc2nc3sc(C4=NCCO4)cc3[nH]2)nc1. The van der Waals surface area contributed by atoms with E-state index >= 15 is 0 Å². The highest BCUT2D eigenvalue weighted by molar-refractivity contribution is 7.20. The average Bonchev–Trinajstić information content (AvgIpc) is 3.13. The second kappa shape index (κ2) is 4.72. The minimum atomic E-state index is 0.680. The quantitative estimate of drug-likeness (QED) is 0.803. The number of nitrogens with one attached hydrogen (secondary N) is 1. The number of hydrogen-bond acceptors (Lipinski definition) is 5. The van der Waals surface area contributed by atoms with Gasteiger partial charge in [-0.1, -0.05) is 6.07 Å². The highest BCUT2D eigenvalue weighted by Gasteiger charge is 2.16. The number of aromatic nitrogens is 3. The summed E-state index contributed by atoms with van der Waals surface area (Å²) in [6.45, 7) is 1.43. The maximum Gasteiger partial charge on any atom is 0.226 e. The summed E-state index contributed by atoms with van der Waals surface area (Å²) in [6, 6.07) is 7.96. The third kappa shape index (κ3) is 2.08. The van der Waals surface area contributed by atoms with Crippen molar-refractivity contribution in [2.24, 2.45) is 4.99 Å². The minimum Gasteiger partial charge on any atom is -0.475 e. The molecule has 0 unspecified atom stereocenters. The van der Waals surface area contributed by atoms with E-state index in [1.54, 1.807) is 17.5 Å². The Morgan fingerprint density at radius 3 is 3.10 bits per heavy atom. The van der Waals surface area contributed by atoms with Gasteiger partial charge in [-0.05, 0) is 18.2 Å². The summed E-state index contributed by atoms with van der Waals surface area (Å²) in [5.41, 5.74) is 2.05. The maximum atomic E-state index is 5.47. The molecule has 4 rings (SSSR count). The van der Waals surface area contributed by atoms with Crippen LogP contribution in [0, 0.1) is 0 Å². The number of pyridine rings is 1. The van der Waals surface area contributed by atoms with Gasteiger partial charge in [0.2, 0.25) is 5.90 Å². The molecule has 0 amide bonds. The van der Waals surface area contributed by atoms with Crippen LogP contribution in [-0.4, -0.2) is 34.0 Å². The van der Waals surface area contributed by atoms with Crippen molar-refractivity contribution in [3.05, 3.63) is 46.9 Å². The van der Waals surface area contributed by atoms with Gasteiger partial charge in [0.05, 0.1) is 16.9 Å². The van der Waals surface area contributed by atoms with E-state index in [0.29, 0.717) is 6.61 Å². The van der Waals surface area contributed by atoms with Crippen molar-refractivity contribution in [1.82, 2.24) is 15.0 Å². The van der Waals surface area contributed by atoms with Crippen LogP contribution in [-0.2, 0) is 11.2 Å². The van der Waals surface area contributed by atoms with Crippen LogP contribution in [0.4, 0.5) is 0 Å². The number of hydrogen-bond donors (Lipinski definition) is 1. The molecule has 0 bridgehead atoms. The molecular weight excluding hydrogens is 272 g/mol. The molecule has 5 nitrogen and oxygen atoms in total. The van der Waals surface area contributed by atoms with Gasteiger partial charge >= 0.3 is 0 Å². The molecule has 20 heavy (non-hydrogen) atoms. The first-order valence-electron chi connectivity index (χ1n) is 6.44. The van der Waals surface area contributed by atoms with Gasteiger partial charge in [0.15, 0.2) is 0 Å². The molecule has 3 aromatic heterocycles. The Bertz CT molecular complexity index is 743. The van der Waals surface area contributed by atoms with Gasteiger partial charge in [0, 0.05) is 18.3 Å². The molecule has 0 atom stereocenters. The van der Waals surface area contributed by atoms with E-state index in [2.05, 4.69) is 26.0 Å². The number of fused-ring (bicyclic) bond motifs is 1. The molecule has 100 valence electrons. The van der Waals surface area contributed by atoms with Crippen LogP contribution in [0.1, 0.15) is 16.4 Å². The molecule has 1 aliphatic heterocycles. The van der Waals surface area contributed by atoms with Crippen molar-refractivity contribution in [1.29, 1.82) is 0 Å². The number of nitrogens with zero attached hydrogens (tertiary/aromatic N) is 3. The Kier molecular flexibility index (Phi) is 2.74. The van der Waals surface area contributed by atoms with Crippen LogP contribution in [0.2, 0.25) is 0 Å². The molecule has 0 saturated carbocycles. The van der Waals surface area contributed by atoms with Crippen LogP contribution in [0.5, 0.6) is 0 Å². The van der Waals surface area contributed by atoms with Gasteiger partial charge in [0.25, 0.3) is 0 Å². The Balaban J connectivity index is 1.62. The summed E-state index contributed by atoms with van der Waals surface area (Å²) in [5, 5.41) is 0. The summed E-state index contributed by atoms with van der Waals surface area (Å²) in [7, 11) is 0. The van der Waals surface area contributed by atoms with Crippen LogP contribution in [0.15, 0.2) is 35.5 Å². The van der Waals surface area contributed by atoms with E-state index in [-0.39, 0.29) is 0 Å². The normalized spacial score (nSPS) is 14.5. The molecular formula is C14H12N4OS. The Hall–Kier alpha value is -2.21. The number of aromatic amines is 1. The van der Waals surface area contributed by atoms with Crippen molar-refractivity contribution in [2.75, 3.05) is 13.2 Å². The zero-order valence-electron chi connectivity index (χ0n) is 10.7. The van der Waals surface area contributed by atoms with Crippen LogP contribution in [0.3, 0.4) is 0 Å². The average molecular weight is 284 g/mol. The van der Waals surface area contributed by atoms with Crippen molar-refractivity contribution in [2.45, 2.75) is 6.42 Å². The summed E-state index contributed by atoms with van der Waals surface area (Å²) in [5.74, 6) is 1.68. The Morgan fingerprint density at radius 1 is 1.35 bits per heavy atom. The maximum absolute atomic E-state index is 5.47. The summed E-state index contributed by atoms with van der Waals surface area (Å²) in [6.07, 6.45) is 2.52. The fourth-order valence-electron chi connectivity index (χ4n) is 2.21. The highest BCUT2D eigenvalue weighted by Crippen LogP contribution is 2.26. The standard InChI is InChI=1S/C14H12N4OS/c1-2-4-15-9(3-1)7-12-17-10-8-11(20-14(10)18-12)13-16-5-6-19-13/h1-4,8H,5-7H2,(H,17,18). The number of aliphatic imine (C=N–C) groups is 1. The zero-order chi connectivity index (χ0) is 13.4. The number of imidazole rings is 1. The molecule has 3 aromatic rings. The topological polar surface area (TPSA) is 63.2 Å². The van der Waals surface area contributed by atoms with E-state index < -0.39 is 0 Å². The van der Waals surface area contributed by atoms with Crippen molar-refractivity contribution >= 4 is 27.6 Å². The fraction of sp³-hybridized carbons (Fsp3) is 0.214. The molecule has 4 heterocycles. The molecule has 0 fully saturated rings. The van der Waals surface area contributed by atoms with E-state index in [0.717, 1.165) is 45.6 Å². The molecule has 0 radical (unpaired) electrons.